The molecule has 0 amide bonds. The molecule has 0 aliphatic rings. The number of benzene rings is 2. The van der Waals surface area contributed by atoms with Crippen LogP contribution in [0.3, 0.4) is 0 Å². The maximum atomic E-state index is 12.2. The third-order valence-electron chi connectivity index (χ3n) is 4.06. The summed E-state index contributed by atoms with van der Waals surface area (Å²) in [5.74, 6) is 0.157. The quantitative estimate of drug-likeness (QED) is 0.542. The minimum atomic E-state index is -3.59. The number of nitro benzene ring substituents is 1. The predicted octanol–water partition coefficient (Wildman–Crippen LogP) is 2.84. The Labute approximate surface area is 153 Å². The summed E-state index contributed by atoms with van der Waals surface area (Å²) in [7, 11) is -3.59. The number of sulfonamides is 1. The third-order valence-corrected chi connectivity index (χ3v) is 5.38. The molecule has 7 nitrogen and oxygen atoms in total. The number of nitrogens with one attached hydrogen (secondary N) is 1. The van der Waals surface area contributed by atoms with Crippen LogP contribution in [0.25, 0.3) is 0 Å². The number of non-ortho nitro benzene ring substituents is 1. The molecule has 0 heterocycles. The molecule has 0 aliphatic heterocycles. The van der Waals surface area contributed by atoms with Gasteiger partial charge >= 0.3 is 0 Å². The second-order valence-electron chi connectivity index (χ2n) is 6.46. The van der Waals surface area contributed by atoms with Crippen LogP contribution in [0, 0.1) is 10.1 Å². The fourth-order valence-electron chi connectivity index (χ4n) is 2.45. The Morgan fingerprint density at radius 2 is 1.58 bits per heavy atom. The summed E-state index contributed by atoms with van der Waals surface area (Å²) in [4.78, 5) is 10.1. The van der Waals surface area contributed by atoms with Crippen LogP contribution in [-0.2, 0) is 15.8 Å². The van der Waals surface area contributed by atoms with Gasteiger partial charge in [-0.3, -0.25) is 10.1 Å². The highest BCUT2D eigenvalue weighted by molar-refractivity contribution is 7.88. The fourth-order valence-corrected chi connectivity index (χ4v) is 3.61. The van der Waals surface area contributed by atoms with E-state index in [1.54, 1.807) is 0 Å². The Morgan fingerprint density at radius 3 is 2.08 bits per heavy atom. The standard InChI is InChI=1S/C18H23N3O4S/c1-13(2)15-5-7-16(8-6-15)18(19)11-20-26(24,25)12-14-3-9-17(10-4-14)21(22)23/h3-10,13,18,20H,11-12,19H2,1-2H3. The zero-order chi connectivity index (χ0) is 19.3. The molecular formula is C18H23N3O4S. The lowest BCUT2D eigenvalue weighted by Crippen LogP contribution is -2.32. The molecule has 140 valence electrons. The first-order valence-corrected chi connectivity index (χ1v) is 9.89. The summed E-state index contributed by atoms with van der Waals surface area (Å²) < 4.78 is 26.9. The molecule has 1 atom stereocenters. The average Bonchev–Trinajstić information content (AvgIpc) is 2.60. The lowest BCUT2D eigenvalue weighted by atomic mass is 9.99. The first-order valence-electron chi connectivity index (χ1n) is 8.24. The van der Waals surface area contributed by atoms with Gasteiger partial charge in [-0.1, -0.05) is 50.2 Å². The van der Waals surface area contributed by atoms with Crippen molar-refractivity contribution in [1.29, 1.82) is 0 Å². The van der Waals surface area contributed by atoms with Gasteiger partial charge in [-0.2, -0.15) is 0 Å². The molecule has 0 aliphatic carbocycles. The van der Waals surface area contributed by atoms with E-state index in [2.05, 4.69) is 18.6 Å². The van der Waals surface area contributed by atoms with E-state index in [9.17, 15) is 18.5 Å². The summed E-state index contributed by atoms with van der Waals surface area (Å²) in [6.07, 6.45) is 0. The maximum absolute atomic E-state index is 12.2. The minimum absolute atomic E-state index is 0.0778. The van der Waals surface area contributed by atoms with Crippen LogP contribution < -0.4 is 10.5 Å². The van der Waals surface area contributed by atoms with Crippen molar-refractivity contribution >= 4 is 15.7 Å². The van der Waals surface area contributed by atoms with Gasteiger partial charge < -0.3 is 5.73 Å². The summed E-state index contributed by atoms with van der Waals surface area (Å²) >= 11 is 0. The fraction of sp³-hybridized carbons (Fsp3) is 0.333. The van der Waals surface area contributed by atoms with Crippen molar-refractivity contribution in [3.8, 4) is 0 Å². The van der Waals surface area contributed by atoms with Crippen LogP contribution in [0.4, 0.5) is 5.69 Å². The van der Waals surface area contributed by atoms with Gasteiger partial charge in [0.25, 0.3) is 5.69 Å². The molecule has 0 fully saturated rings. The second-order valence-corrected chi connectivity index (χ2v) is 8.27. The number of hydrogen-bond acceptors (Lipinski definition) is 5. The van der Waals surface area contributed by atoms with Gasteiger partial charge in [-0.25, -0.2) is 13.1 Å². The Morgan fingerprint density at radius 1 is 1.04 bits per heavy atom. The highest BCUT2D eigenvalue weighted by Crippen LogP contribution is 2.18. The summed E-state index contributed by atoms with van der Waals surface area (Å²) in [5.41, 5.74) is 8.51. The first-order chi connectivity index (χ1) is 12.2. The highest BCUT2D eigenvalue weighted by atomic mass is 32.2. The predicted molar refractivity (Wildman–Crippen MR) is 101 cm³/mol. The first kappa shape index (κ1) is 20.0. The Bertz CT molecular complexity index is 847. The van der Waals surface area contributed by atoms with E-state index >= 15 is 0 Å². The maximum Gasteiger partial charge on any atom is 0.269 e. The zero-order valence-electron chi connectivity index (χ0n) is 14.8. The molecule has 2 aromatic carbocycles. The number of hydrogen-bond donors (Lipinski definition) is 2. The van der Waals surface area contributed by atoms with E-state index in [-0.39, 0.29) is 18.0 Å². The summed E-state index contributed by atoms with van der Waals surface area (Å²) in [6, 6.07) is 12.8. The van der Waals surface area contributed by atoms with Crippen molar-refractivity contribution < 1.29 is 13.3 Å². The van der Waals surface area contributed by atoms with E-state index in [0.717, 1.165) is 5.56 Å². The molecule has 0 saturated heterocycles. The van der Waals surface area contributed by atoms with E-state index < -0.39 is 21.0 Å². The van der Waals surface area contributed by atoms with Crippen molar-refractivity contribution in [3.63, 3.8) is 0 Å². The van der Waals surface area contributed by atoms with Crippen LogP contribution in [-0.4, -0.2) is 19.9 Å². The molecule has 0 radical (unpaired) electrons. The van der Waals surface area contributed by atoms with Crippen LogP contribution >= 0.6 is 0 Å². The van der Waals surface area contributed by atoms with Gasteiger partial charge in [0.1, 0.15) is 0 Å². The Kier molecular flexibility index (Phi) is 6.47. The molecule has 3 N–H and O–H groups in total. The van der Waals surface area contributed by atoms with Gasteiger partial charge in [0.2, 0.25) is 10.0 Å². The number of nitrogens with two attached hydrogens (primary N) is 1. The van der Waals surface area contributed by atoms with E-state index in [0.29, 0.717) is 11.5 Å². The van der Waals surface area contributed by atoms with E-state index in [1.807, 2.05) is 24.3 Å². The molecule has 2 rings (SSSR count). The molecule has 8 heteroatoms. The van der Waals surface area contributed by atoms with Crippen molar-refractivity contribution in [2.75, 3.05) is 6.54 Å². The molecule has 1 unspecified atom stereocenters. The molecule has 2 aromatic rings. The minimum Gasteiger partial charge on any atom is -0.323 e. The second kappa shape index (κ2) is 8.39. The topological polar surface area (TPSA) is 115 Å². The zero-order valence-corrected chi connectivity index (χ0v) is 15.6. The molecular weight excluding hydrogens is 354 g/mol. The van der Waals surface area contributed by atoms with Gasteiger partial charge in [0, 0.05) is 24.7 Å². The molecule has 0 bridgehead atoms. The molecule has 26 heavy (non-hydrogen) atoms. The Hall–Kier alpha value is -2.29. The van der Waals surface area contributed by atoms with Gasteiger partial charge in [0.05, 0.1) is 10.7 Å². The third kappa shape index (κ3) is 5.62. The average molecular weight is 377 g/mol. The molecule has 0 aromatic heterocycles. The lowest BCUT2D eigenvalue weighted by molar-refractivity contribution is -0.384. The number of rotatable bonds is 8. The van der Waals surface area contributed by atoms with Crippen molar-refractivity contribution in [3.05, 3.63) is 75.3 Å². The normalized spacial score (nSPS) is 12.9. The molecule has 0 saturated carbocycles. The van der Waals surface area contributed by atoms with Crippen LogP contribution in [0.1, 0.15) is 42.5 Å². The van der Waals surface area contributed by atoms with E-state index in [4.69, 9.17) is 5.73 Å². The van der Waals surface area contributed by atoms with Crippen molar-refractivity contribution in [1.82, 2.24) is 4.72 Å². The van der Waals surface area contributed by atoms with Crippen LogP contribution in [0.5, 0.6) is 0 Å². The molecule has 0 spiro atoms. The lowest BCUT2D eigenvalue weighted by Gasteiger charge is -2.15. The smallest absolute Gasteiger partial charge is 0.269 e. The number of nitro groups is 1. The highest BCUT2D eigenvalue weighted by Gasteiger charge is 2.15. The van der Waals surface area contributed by atoms with Gasteiger partial charge in [-0.05, 0) is 22.6 Å². The van der Waals surface area contributed by atoms with Gasteiger partial charge in [-0.15, -0.1) is 0 Å². The van der Waals surface area contributed by atoms with Crippen molar-refractivity contribution in [2.24, 2.45) is 5.73 Å². The van der Waals surface area contributed by atoms with Crippen LogP contribution in [0.15, 0.2) is 48.5 Å². The largest absolute Gasteiger partial charge is 0.323 e. The number of nitrogens with zero attached hydrogens (tertiary/aromatic N) is 1. The van der Waals surface area contributed by atoms with E-state index in [1.165, 1.54) is 29.8 Å². The summed E-state index contributed by atoms with van der Waals surface area (Å²) in [5, 5.41) is 10.6. The summed E-state index contributed by atoms with van der Waals surface area (Å²) in [6.45, 7) is 4.28. The Balaban J connectivity index is 1.95. The van der Waals surface area contributed by atoms with Crippen molar-refractivity contribution in [2.45, 2.75) is 31.6 Å². The SMILES string of the molecule is CC(C)c1ccc(C(N)CNS(=O)(=O)Cc2ccc([N+](=O)[O-])cc2)cc1. The van der Waals surface area contributed by atoms with Gasteiger partial charge in [0.15, 0.2) is 0 Å². The monoisotopic (exact) mass is 377 g/mol. The van der Waals surface area contributed by atoms with Crippen LogP contribution in [0.2, 0.25) is 0 Å².